The zero-order valence-corrected chi connectivity index (χ0v) is 17.8. The van der Waals surface area contributed by atoms with Crippen molar-refractivity contribution < 1.29 is 19.1 Å². The van der Waals surface area contributed by atoms with Gasteiger partial charge in [0.05, 0.1) is 6.10 Å². The summed E-state index contributed by atoms with van der Waals surface area (Å²) < 4.78 is 11.4. The highest BCUT2D eigenvalue weighted by Crippen LogP contribution is 2.22. The molecule has 0 saturated carbocycles. The molecule has 2 aromatic carbocycles. The average molecular weight is 431 g/mol. The monoisotopic (exact) mass is 430 g/mol. The molecule has 30 heavy (non-hydrogen) atoms. The van der Waals surface area contributed by atoms with Crippen LogP contribution >= 0.6 is 11.6 Å². The number of carbonyl (C=O) groups excluding carboxylic acids is 2. The van der Waals surface area contributed by atoms with Crippen molar-refractivity contribution in [3.63, 3.8) is 0 Å². The molecule has 0 bridgehead atoms. The third-order valence-corrected chi connectivity index (χ3v) is 5.46. The highest BCUT2D eigenvalue weighted by atomic mass is 35.5. The van der Waals surface area contributed by atoms with Crippen LogP contribution in [0.2, 0.25) is 5.02 Å². The van der Waals surface area contributed by atoms with Crippen LogP contribution in [0.3, 0.4) is 0 Å². The Balaban J connectivity index is 1.40. The Morgan fingerprint density at radius 1 is 1.13 bits per heavy atom. The van der Waals surface area contributed by atoms with Crippen molar-refractivity contribution >= 4 is 23.4 Å². The fourth-order valence-electron chi connectivity index (χ4n) is 3.21. The molecular weight excluding hydrogens is 404 g/mol. The third-order valence-electron chi connectivity index (χ3n) is 5.03. The number of rotatable bonds is 7. The molecule has 0 aromatic heterocycles. The third kappa shape index (κ3) is 6.75. The Morgan fingerprint density at radius 3 is 2.63 bits per heavy atom. The van der Waals surface area contributed by atoms with Crippen LogP contribution in [0.15, 0.2) is 42.5 Å². The van der Waals surface area contributed by atoms with Crippen LogP contribution < -0.4 is 15.6 Å². The minimum Gasteiger partial charge on any atom is -0.489 e. The normalized spacial score (nSPS) is 16.0. The molecule has 6 nitrogen and oxygen atoms in total. The van der Waals surface area contributed by atoms with Crippen LogP contribution in [0.1, 0.15) is 53.6 Å². The lowest BCUT2D eigenvalue weighted by Gasteiger charge is -2.22. The number of hydrogen-bond donors (Lipinski definition) is 2. The van der Waals surface area contributed by atoms with Gasteiger partial charge in [0.25, 0.3) is 5.91 Å². The molecule has 1 atom stereocenters. The summed E-state index contributed by atoms with van der Waals surface area (Å²) in [6.07, 6.45) is 4.36. The van der Waals surface area contributed by atoms with Crippen LogP contribution in [-0.2, 0) is 16.1 Å². The second-order valence-corrected chi connectivity index (χ2v) is 7.83. The highest BCUT2D eigenvalue weighted by Gasteiger charge is 2.15. The molecule has 0 spiro atoms. The summed E-state index contributed by atoms with van der Waals surface area (Å²) in [4.78, 5) is 24.2. The van der Waals surface area contributed by atoms with Gasteiger partial charge in [0.15, 0.2) is 0 Å². The van der Waals surface area contributed by atoms with Gasteiger partial charge >= 0.3 is 0 Å². The van der Waals surface area contributed by atoms with Crippen LogP contribution in [0, 0.1) is 6.92 Å². The van der Waals surface area contributed by atoms with E-state index in [1.807, 2.05) is 31.2 Å². The number of amides is 2. The maximum atomic E-state index is 12.2. The number of halogens is 1. The van der Waals surface area contributed by atoms with Crippen molar-refractivity contribution in [2.75, 3.05) is 6.61 Å². The van der Waals surface area contributed by atoms with E-state index in [4.69, 9.17) is 21.1 Å². The van der Waals surface area contributed by atoms with Gasteiger partial charge in [-0.3, -0.25) is 20.4 Å². The molecule has 3 rings (SSSR count). The van der Waals surface area contributed by atoms with E-state index in [0.717, 1.165) is 42.7 Å². The van der Waals surface area contributed by atoms with Crippen molar-refractivity contribution in [2.45, 2.75) is 51.7 Å². The predicted molar refractivity (Wildman–Crippen MR) is 115 cm³/mol. The summed E-state index contributed by atoms with van der Waals surface area (Å²) in [7, 11) is 0. The van der Waals surface area contributed by atoms with Crippen LogP contribution in [0.25, 0.3) is 0 Å². The highest BCUT2D eigenvalue weighted by molar-refractivity contribution is 6.31. The van der Waals surface area contributed by atoms with E-state index in [2.05, 4.69) is 10.9 Å². The lowest BCUT2D eigenvalue weighted by atomic mass is 10.0. The zero-order chi connectivity index (χ0) is 21.3. The summed E-state index contributed by atoms with van der Waals surface area (Å²) >= 11 is 6.02. The van der Waals surface area contributed by atoms with Crippen LogP contribution in [0.5, 0.6) is 5.75 Å². The Morgan fingerprint density at radius 2 is 1.93 bits per heavy atom. The van der Waals surface area contributed by atoms with E-state index in [1.165, 1.54) is 0 Å². The molecular formula is C23H27ClN2O4. The summed E-state index contributed by atoms with van der Waals surface area (Å²) in [5, 5.41) is 0.701. The number of hydrogen-bond acceptors (Lipinski definition) is 4. The molecule has 2 aromatic rings. The van der Waals surface area contributed by atoms with Crippen molar-refractivity contribution in [2.24, 2.45) is 0 Å². The second kappa shape index (κ2) is 11.0. The van der Waals surface area contributed by atoms with Gasteiger partial charge in [-0.15, -0.1) is 0 Å². The standard InChI is InChI=1S/C23H27ClN2O4/c1-16-14-20(9-11-21(16)24)30-15-17-5-7-18(8-6-17)23(28)26-25-22(27)12-10-19-4-2-3-13-29-19/h5-9,11,14,19H,2-4,10,12-13,15H2,1H3,(H,25,27)(H,26,28). The van der Waals surface area contributed by atoms with E-state index in [-0.39, 0.29) is 17.9 Å². The van der Waals surface area contributed by atoms with Gasteiger partial charge in [-0.25, -0.2) is 0 Å². The van der Waals surface area contributed by atoms with E-state index < -0.39 is 0 Å². The SMILES string of the molecule is Cc1cc(OCc2ccc(C(=O)NNC(=O)CCC3CCCCO3)cc2)ccc1Cl. The summed E-state index contributed by atoms with van der Waals surface area (Å²) in [5.74, 6) is 0.152. The quantitative estimate of drug-likeness (QED) is 0.640. The second-order valence-electron chi connectivity index (χ2n) is 7.43. The lowest BCUT2D eigenvalue weighted by molar-refractivity contribution is -0.122. The minimum absolute atomic E-state index is 0.145. The van der Waals surface area contributed by atoms with Gasteiger partial charge in [0.2, 0.25) is 5.91 Å². The first-order chi connectivity index (χ1) is 14.5. The minimum atomic E-state index is -0.363. The molecule has 1 unspecified atom stereocenters. The van der Waals surface area contributed by atoms with Crippen molar-refractivity contribution in [3.05, 3.63) is 64.2 Å². The number of aryl methyl sites for hydroxylation is 1. The van der Waals surface area contributed by atoms with Gasteiger partial charge in [-0.2, -0.15) is 0 Å². The van der Waals surface area contributed by atoms with Gasteiger partial charge in [0, 0.05) is 23.6 Å². The van der Waals surface area contributed by atoms with Gasteiger partial charge in [0.1, 0.15) is 12.4 Å². The maximum absolute atomic E-state index is 12.2. The molecule has 2 N–H and O–H groups in total. The topological polar surface area (TPSA) is 76.7 Å². The number of nitrogens with one attached hydrogen (secondary N) is 2. The first-order valence-corrected chi connectivity index (χ1v) is 10.6. The smallest absolute Gasteiger partial charge is 0.269 e. The fourth-order valence-corrected chi connectivity index (χ4v) is 3.33. The van der Waals surface area contributed by atoms with E-state index >= 15 is 0 Å². The summed E-state index contributed by atoms with van der Waals surface area (Å²) in [6, 6.07) is 12.5. The van der Waals surface area contributed by atoms with Gasteiger partial charge in [-0.1, -0.05) is 23.7 Å². The Hall–Kier alpha value is -2.57. The number of ether oxygens (including phenoxy) is 2. The van der Waals surface area contributed by atoms with E-state index in [9.17, 15) is 9.59 Å². The molecule has 0 aliphatic carbocycles. The first-order valence-electron chi connectivity index (χ1n) is 10.2. The largest absolute Gasteiger partial charge is 0.489 e. The maximum Gasteiger partial charge on any atom is 0.269 e. The van der Waals surface area contributed by atoms with Crippen molar-refractivity contribution in [1.82, 2.24) is 10.9 Å². The molecule has 2 amide bonds. The fraction of sp³-hybridized carbons (Fsp3) is 0.391. The predicted octanol–water partition coefficient (Wildman–Crippen LogP) is 4.34. The number of carbonyl (C=O) groups is 2. The van der Waals surface area contributed by atoms with Crippen molar-refractivity contribution in [3.8, 4) is 5.75 Å². The summed E-state index contributed by atoms with van der Waals surface area (Å²) in [5.41, 5.74) is 7.25. The number of hydrazine groups is 1. The first kappa shape index (κ1) is 22.1. The lowest BCUT2D eigenvalue weighted by Crippen LogP contribution is -2.41. The molecule has 1 saturated heterocycles. The van der Waals surface area contributed by atoms with E-state index in [1.54, 1.807) is 18.2 Å². The Kier molecular flexibility index (Phi) is 8.11. The van der Waals surface area contributed by atoms with E-state index in [0.29, 0.717) is 30.0 Å². The molecule has 7 heteroatoms. The summed E-state index contributed by atoms with van der Waals surface area (Å²) in [6.45, 7) is 3.07. The van der Waals surface area contributed by atoms with Crippen LogP contribution in [-0.4, -0.2) is 24.5 Å². The van der Waals surface area contributed by atoms with Gasteiger partial charge < -0.3 is 9.47 Å². The molecule has 1 aliphatic rings. The average Bonchev–Trinajstić information content (AvgIpc) is 2.78. The van der Waals surface area contributed by atoms with Gasteiger partial charge in [-0.05, 0) is 74.1 Å². The molecule has 1 fully saturated rings. The zero-order valence-electron chi connectivity index (χ0n) is 17.1. The number of benzene rings is 2. The Labute approximate surface area is 181 Å². The molecule has 160 valence electrons. The van der Waals surface area contributed by atoms with Crippen molar-refractivity contribution in [1.29, 1.82) is 0 Å². The van der Waals surface area contributed by atoms with Crippen LogP contribution in [0.4, 0.5) is 0 Å². The Bertz CT molecular complexity index is 864. The molecule has 1 heterocycles. The molecule has 0 radical (unpaired) electrons. The molecule has 1 aliphatic heterocycles.